The number of thiophene rings is 1. The van der Waals surface area contributed by atoms with Crippen molar-refractivity contribution in [3.63, 3.8) is 0 Å². The summed E-state index contributed by atoms with van der Waals surface area (Å²) >= 11 is 1.26. The molecule has 1 fully saturated rings. The lowest BCUT2D eigenvalue weighted by molar-refractivity contribution is -0.622. The van der Waals surface area contributed by atoms with Gasteiger partial charge in [-0.15, -0.1) is 16.1 Å². The predicted molar refractivity (Wildman–Crippen MR) is 94.9 cm³/mol. The van der Waals surface area contributed by atoms with E-state index in [9.17, 15) is 20.1 Å². The van der Waals surface area contributed by atoms with Crippen LogP contribution in [0.3, 0.4) is 0 Å². The van der Waals surface area contributed by atoms with Gasteiger partial charge in [-0.3, -0.25) is 0 Å². The fraction of sp³-hybridized carbons (Fsp3) is 0.235. The summed E-state index contributed by atoms with van der Waals surface area (Å²) in [6.45, 7) is 2.63. The van der Waals surface area contributed by atoms with E-state index in [0.717, 1.165) is 6.07 Å². The van der Waals surface area contributed by atoms with E-state index in [4.69, 9.17) is 0 Å². The number of anilines is 1. The summed E-state index contributed by atoms with van der Waals surface area (Å²) in [4.78, 5) is 2.35. The molecule has 0 saturated carbocycles. The highest BCUT2D eigenvalue weighted by molar-refractivity contribution is 7.13. The van der Waals surface area contributed by atoms with Crippen LogP contribution in [0.25, 0.3) is 21.6 Å². The van der Waals surface area contributed by atoms with E-state index in [0.29, 0.717) is 40.5 Å². The summed E-state index contributed by atoms with van der Waals surface area (Å²) < 4.78 is 15.5. The molecule has 7 nitrogen and oxygen atoms in total. The number of piperazine rings is 1. The van der Waals surface area contributed by atoms with Crippen molar-refractivity contribution in [1.29, 1.82) is 5.26 Å². The molecule has 26 heavy (non-hydrogen) atoms. The Bertz CT molecular complexity index is 1030. The quantitative estimate of drug-likeness (QED) is 0.541. The fourth-order valence-electron chi connectivity index (χ4n) is 3.18. The van der Waals surface area contributed by atoms with Crippen molar-refractivity contribution < 1.29 is 13.9 Å². The predicted octanol–water partition coefficient (Wildman–Crippen LogP) is 1.26. The highest BCUT2D eigenvalue weighted by Gasteiger charge is 2.32. The summed E-state index contributed by atoms with van der Waals surface area (Å²) in [5.74, 6) is -0.586. The summed E-state index contributed by atoms with van der Waals surface area (Å²) in [5, 5.41) is 39.9. The van der Waals surface area contributed by atoms with Crippen molar-refractivity contribution in [1.82, 2.24) is 5.32 Å². The Morgan fingerprint density at radius 2 is 1.92 bits per heavy atom. The molecule has 3 heterocycles. The van der Waals surface area contributed by atoms with Gasteiger partial charge < -0.3 is 20.6 Å². The van der Waals surface area contributed by atoms with Crippen molar-refractivity contribution in [2.45, 2.75) is 0 Å². The van der Waals surface area contributed by atoms with E-state index < -0.39 is 5.82 Å². The van der Waals surface area contributed by atoms with Crippen LogP contribution in [0.5, 0.6) is 0 Å². The number of nitrogens with one attached hydrogen (secondary N) is 1. The minimum Gasteiger partial charge on any atom is -0.617 e. The molecule has 1 N–H and O–H groups in total. The Morgan fingerprint density at radius 1 is 1.19 bits per heavy atom. The van der Waals surface area contributed by atoms with Crippen LogP contribution in [0, 0.1) is 27.6 Å². The fourth-order valence-corrected chi connectivity index (χ4v) is 3.93. The molecular formula is C17H14FN5O2S. The average Bonchev–Trinajstić information content (AvgIpc) is 3.19. The molecule has 4 rings (SSSR count). The third-order valence-corrected chi connectivity index (χ3v) is 5.31. The van der Waals surface area contributed by atoms with Gasteiger partial charge in [0.1, 0.15) is 4.88 Å². The van der Waals surface area contributed by atoms with Crippen LogP contribution in [-0.2, 0) is 0 Å². The van der Waals surface area contributed by atoms with Gasteiger partial charge in [0.2, 0.25) is 0 Å². The van der Waals surface area contributed by atoms with Gasteiger partial charge in [0, 0.05) is 32.2 Å². The molecule has 9 heteroatoms. The molecule has 1 aromatic carbocycles. The molecule has 0 bridgehead atoms. The Kier molecular flexibility index (Phi) is 4.06. The van der Waals surface area contributed by atoms with Crippen LogP contribution in [0.15, 0.2) is 29.6 Å². The SMILES string of the molecule is N#Cc1c(-c2cccs2)[n+]([O-])c2cc(N3CCNCC3)c(F)cc2[n+]1[O-]. The summed E-state index contributed by atoms with van der Waals surface area (Å²) in [7, 11) is 0. The lowest BCUT2D eigenvalue weighted by Gasteiger charge is -2.29. The Balaban J connectivity index is 2.01. The van der Waals surface area contributed by atoms with Crippen LogP contribution in [0.2, 0.25) is 0 Å². The number of halogens is 1. The average molecular weight is 371 g/mol. The Hall–Kier alpha value is -2.96. The lowest BCUT2D eigenvalue weighted by atomic mass is 10.2. The molecule has 1 saturated heterocycles. The molecule has 0 unspecified atom stereocenters. The zero-order valence-electron chi connectivity index (χ0n) is 13.6. The van der Waals surface area contributed by atoms with E-state index in [1.54, 1.807) is 23.6 Å². The number of nitriles is 1. The highest BCUT2D eigenvalue weighted by atomic mass is 32.1. The third kappa shape index (κ3) is 2.51. The van der Waals surface area contributed by atoms with E-state index in [1.807, 2.05) is 4.90 Å². The van der Waals surface area contributed by atoms with Gasteiger partial charge in [-0.2, -0.15) is 9.99 Å². The molecule has 2 aromatic heterocycles. The number of hydrogen-bond acceptors (Lipinski definition) is 6. The van der Waals surface area contributed by atoms with E-state index in [-0.39, 0.29) is 28.1 Å². The Morgan fingerprint density at radius 3 is 2.58 bits per heavy atom. The molecule has 0 atom stereocenters. The van der Waals surface area contributed by atoms with E-state index in [1.165, 1.54) is 17.4 Å². The molecule has 0 aliphatic carbocycles. The number of rotatable bonds is 2. The highest BCUT2D eigenvalue weighted by Crippen LogP contribution is 2.28. The minimum absolute atomic E-state index is 0.0112. The Labute approximate surface area is 152 Å². The lowest BCUT2D eigenvalue weighted by Crippen LogP contribution is -2.45. The van der Waals surface area contributed by atoms with Crippen LogP contribution >= 0.6 is 11.3 Å². The molecule has 1 aliphatic rings. The van der Waals surface area contributed by atoms with Crippen molar-refractivity contribution >= 4 is 28.1 Å². The third-order valence-electron chi connectivity index (χ3n) is 4.43. The number of aromatic nitrogens is 2. The van der Waals surface area contributed by atoms with Gasteiger partial charge >= 0.3 is 11.4 Å². The first kappa shape index (κ1) is 16.5. The van der Waals surface area contributed by atoms with Crippen LogP contribution < -0.4 is 19.7 Å². The van der Waals surface area contributed by atoms with Gasteiger partial charge in [0.15, 0.2) is 11.9 Å². The molecule has 1 aliphatic heterocycles. The maximum absolute atomic E-state index is 14.6. The van der Waals surface area contributed by atoms with Gasteiger partial charge in [-0.05, 0) is 11.4 Å². The minimum atomic E-state index is -0.586. The van der Waals surface area contributed by atoms with Crippen LogP contribution in [-0.4, -0.2) is 26.2 Å². The molecule has 0 amide bonds. The molecule has 132 valence electrons. The molecule has 0 spiro atoms. The second-order valence-electron chi connectivity index (χ2n) is 5.90. The van der Waals surface area contributed by atoms with Gasteiger partial charge in [-0.1, -0.05) is 6.07 Å². The van der Waals surface area contributed by atoms with E-state index >= 15 is 0 Å². The second-order valence-corrected chi connectivity index (χ2v) is 6.85. The molecular weight excluding hydrogens is 357 g/mol. The number of hydrogen-bond donors (Lipinski definition) is 1. The first-order chi connectivity index (χ1) is 12.6. The maximum atomic E-state index is 14.6. The van der Waals surface area contributed by atoms with Gasteiger partial charge in [-0.25, -0.2) is 4.39 Å². The molecule has 0 radical (unpaired) electrons. The first-order valence-electron chi connectivity index (χ1n) is 8.04. The zero-order valence-corrected chi connectivity index (χ0v) is 14.4. The zero-order chi connectivity index (χ0) is 18.3. The number of nitrogens with zero attached hydrogens (tertiary/aromatic N) is 4. The summed E-state index contributed by atoms with van der Waals surface area (Å²) in [5.41, 5.74) is -0.192. The standard InChI is InChI=1S/C17H14FN5O2S/c18-11-8-13-14(9-12(11)21-5-3-20-4-6-21)23(25)17(15(10-19)22(13)24)16-2-1-7-26-16/h1-2,7-9,20H,3-6H2. The largest absolute Gasteiger partial charge is 0.617 e. The van der Waals surface area contributed by atoms with Crippen LogP contribution in [0.1, 0.15) is 5.69 Å². The van der Waals surface area contributed by atoms with Crippen LogP contribution in [0.4, 0.5) is 10.1 Å². The first-order valence-corrected chi connectivity index (χ1v) is 8.91. The summed E-state index contributed by atoms with van der Waals surface area (Å²) in [6, 6.07) is 7.61. The monoisotopic (exact) mass is 371 g/mol. The normalized spacial score (nSPS) is 14.5. The van der Waals surface area contributed by atoms with Crippen molar-refractivity contribution in [3.05, 3.63) is 51.6 Å². The second kappa shape index (κ2) is 6.40. The number of fused-ring (bicyclic) bond motifs is 1. The van der Waals surface area contributed by atoms with Gasteiger partial charge in [0.05, 0.1) is 11.8 Å². The smallest absolute Gasteiger partial charge is 0.370 e. The molecule has 3 aromatic rings. The van der Waals surface area contributed by atoms with Crippen molar-refractivity contribution in [3.8, 4) is 16.6 Å². The van der Waals surface area contributed by atoms with Crippen molar-refractivity contribution in [2.24, 2.45) is 0 Å². The number of benzene rings is 1. The van der Waals surface area contributed by atoms with E-state index in [2.05, 4.69) is 5.32 Å². The van der Waals surface area contributed by atoms with Gasteiger partial charge in [0.25, 0.3) is 11.0 Å². The van der Waals surface area contributed by atoms with Crippen molar-refractivity contribution in [2.75, 3.05) is 31.1 Å². The maximum Gasteiger partial charge on any atom is 0.370 e. The topological polar surface area (TPSA) is 92.9 Å². The summed E-state index contributed by atoms with van der Waals surface area (Å²) in [6.07, 6.45) is 0.